The molecule has 2 N–H and O–H groups in total. The van der Waals surface area contributed by atoms with E-state index in [1.165, 1.54) is 17.2 Å². The fourth-order valence-corrected chi connectivity index (χ4v) is 3.25. The number of nitrogens with one attached hydrogen (secondary N) is 1. The number of pyridine rings is 1. The summed E-state index contributed by atoms with van der Waals surface area (Å²) in [6, 6.07) is 1.34. The molecular weight excluding hydrogens is 329 g/mol. The second kappa shape index (κ2) is 7.88. The van der Waals surface area contributed by atoms with Crippen LogP contribution < -0.4 is 5.32 Å². The minimum absolute atomic E-state index is 0.0252. The number of amides is 2. The highest BCUT2D eigenvalue weighted by molar-refractivity contribution is 5.95. The number of carbonyl (C=O) groups is 2. The van der Waals surface area contributed by atoms with E-state index in [4.69, 9.17) is 4.74 Å². The molecule has 0 radical (unpaired) electrons. The molecule has 1 aromatic heterocycles. The summed E-state index contributed by atoms with van der Waals surface area (Å²) in [5, 5.41) is 13.1. The van der Waals surface area contributed by atoms with Crippen LogP contribution >= 0.6 is 0 Å². The summed E-state index contributed by atoms with van der Waals surface area (Å²) >= 11 is 0. The van der Waals surface area contributed by atoms with E-state index in [9.17, 15) is 19.1 Å². The van der Waals surface area contributed by atoms with Crippen LogP contribution in [0.5, 0.6) is 0 Å². The van der Waals surface area contributed by atoms with Gasteiger partial charge in [0.2, 0.25) is 5.91 Å². The van der Waals surface area contributed by atoms with Crippen LogP contribution in [0.2, 0.25) is 0 Å². The zero-order valence-electron chi connectivity index (χ0n) is 13.9. The molecule has 2 atom stereocenters. The van der Waals surface area contributed by atoms with Gasteiger partial charge in [-0.05, 0) is 25.3 Å². The Kier molecular flexibility index (Phi) is 5.60. The Bertz CT molecular complexity index is 636. The third-order valence-corrected chi connectivity index (χ3v) is 4.77. The molecule has 2 fully saturated rings. The number of halogens is 1. The molecule has 3 heterocycles. The first-order valence-electron chi connectivity index (χ1n) is 8.51. The smallest absolute Gasteiger partial charge is 0.256 e. The Morgan fingerprint density at radius 3 is 2.80 bits per heavy atom. The molecular formula is C17H22FN3O4. The molecule has 0 unspecified atom stereocenters. The number of aromatic nitrogens is 1. The number of carbonyl (C=O) groups excluding carboxylic acids is 2. The van der Waals surface area contributed by atoms with Gasteiger partial charge in [-0.1, -0.05) is 0 Å². The maximum atomic E-state index is 13.8. The van der Waals surface area contributed by atoms with Gasteiger partial charge in [0.15, 0.2) is 5.82 Å². The van der Waals surface area contributed by atoms with Crippen molar-refractivity contribution in [1.82, 2.24) is 15.2 Å². The van der Waals surface area contributed by atoms with E-state index in [0.29, 0.717) is 13.2 Å². The predicted octanol–water partition coefficient (Wildman–Crippen LogP) is 0.339. The molecule has 0 spiro atoms. The maximum absolute atomic E-state index is 13.8. The van der Waals surface area contributed by atoms with E-state index in [0.717, 1.165) is 19.0 Å². The van der Waals surface area contributed by atoms with Gasteiger partial charge in [0, 0.05) is 38.5 Å². The van der Waals surface area contributed by atoms with Crippen LogP contribution in [0.25, 0.3) is 0 Å². The largest absolute Gasteiger partial charge is 0.392 e. The van der Waals surface area contributed by atoms with Crippen LogP contribution in [0.1, 0.15) is 29.6 Å². The second-order valence-electron chi connectivity index (χ2n) is 6.46. The molecule has 8 heteroatoms. The van der Waals surface area contributed by atoms with E-state index in [1.54, 1.807) is 0 Å². The Labute approximate surface area is 145 Å². The fraction of sp³-hybridized carbons (Fsp3) is 0.588. The van der Waals surface area contributed by atoms with Crippen molar-refractivity contribution in [1.29, 1.82) is 0 Å². The molecule has 0 aliphatic carbocycles. The number of hydrogen-bond acceptors (Lipinski definition) is 5. The molecule has 2 aliphatic rings. The average Bonchev–Trinajstić information content (AvgIpc) is 2.63. The third-order valence-electron chi connectivity index (χ3n) is 4.77. The van der Waals surface area contributed by atoms with Gasteiger partial charge in [0.05, 0.1) is 23.8 Å². The van der Waals surface area contributed by atoms with E-state index in [1.807, 2.05) is 0 Å². The summed E-state index contributed by atoms with van der Waals surface area (Å²) in [5.74, 6) is -2.17. The highest BCUT2D eigenvalue weighted by Crippen LogP contribution is 2.21. The molecule has 0 aromatic carbocycles. The number of piperidine rings is 1. The minimum atomic E-state index is -0.814. The van der Waals surface area contributed by atoms with E-state index in [2.05, 4.69) is 10.3 Å². The number of rotatable bonds is 3. The van der Waals surface area contributed by atoms with Crippen molar-refractivity contribution >= 4 is 11.8 Å². The Morgan fingerprint density at radius 1 is 1.32 bits per heavy atom. The van der Waals surface area contributed by atoms with E-state index >= 15 is 0 Å². The summed E-state index contributed by atoms with van der Waals surface area (Å²) < 4.78 is 19.0. The van der Waals surface area contributed by atoms with Crippen LogP contribution in [0.15, 0.2) is 18.5 Å². The van der Waals surface area contributed by atoms with Gasteiger partial charge in [-0.15, -0.1) is 0 Å². The highest BCUT2D eigenvalue weighted by Gasteiger charge is 2.36. The summed E-state index contributed by atoms with van der Waals surface area (Å²) in [5.41, 5.74) is -0.0741. The Hall–Kier alpha value is -2.06. The number of nitrogens with zero attached hydrogens (tertiary/aromatic N) is 2. The van der Waals surface area contributed by atoms with Gasteiger partial charge >= 0.3 is 0 Å². The summed E-state index contributed by atoms with van der Waals surface area (Å²) in [4.78, 5) is 30.1. The van der Waals surface area contributed by atoms with Crippen molar-refractivity contribution in [3.05, 3.63) is 29.8 Å². The number of hydrogen-bond donors (Lipinski definition) is 2. The maximum Gasteiger partial charge on any atom is 0.256 e. The molecule has 0 bridgehead atoms. The molecule has 25 heavy (non-hydrogen) atoms. The second-order valence-corrected chi connectivity index (χ2v) is 6.46. The van der Waals surface area contributed by atoms with Crippen LogP contribution in [0.3, 0.4) is 0 Å². The monoisotopic (exact) mass is 351 g/mol. The minimum Gasteiger partial charge on any atom is -0.392 e. The van der Waals surface area contributed by atoms with E-state index < -0.39 is 23.7 Å². The zero-order chi connectivity index (χ0) is 17.8. The van der Waals surface area contributed by atoms with Crippen molar-refractivity contribution < 1.29 is 23.8 Å². The Balaban J connectivity index is 1.65. The topological polar surface area (TPSA) is 91.8 Å². The van der Waals surface area contributed by atoms with Crippen molar-refractivity contribution in [2.75, 3.05) is 26.3 Å². The molecule has 2 aliphatic heterocycles. The first-order chi connectivity index (χ1) is 12.1. The lowest BCUT2D eigenvalue weighted by Gasteiger charge is -2.36. The SMILES string of the molecule is O=C(NC1CCOCC1)[C@H]1CN(C(=O)c2ccncc2F)CC[C@H]1O. The first-order valence-corrected chi connectivity index (χ1v) is 8.51. The third kappa shape index (κ3) is 4.13. The first kappa shape index (κ1) is 17.8. The standard InChI is InChI=1S/C17H22FN3O4/c18-14-9-19-5-1-12(14)17(24)21-6-2-15(22)13(10-21)16(23)20-11-3-7-25-8-4-11/h1,5,9,11,13,15,22H,2-4,6-8,10H2,(H,20,23)/t13-,15+/m0/s1. The molecule has 3 rings (SSSR count). The Morgan fingerprint density at radius 2 is 2.08 bits per heavy atom. The van der Waals surface area contributed by atoms with Gasteiger partial charge in [0.1, 0.15) is 0 Å². The summed E-state index contributed by atoms with van der Waals surface area (Å²) in [6.45, 7) is 1.55. The number of aliphatic hydroxyl groups excluding tert-OH is 1. The van der Waals surface area contributed by atoms with Crippen molar-refractivity contribution in [2.24, 2.45) is 5.92 Å². The van der Waals surface area contributed by atoms with Crippen molar-refractivity contribution in [2.45, 2.75) is 31.4 Å². The number of aliphatic hydroxyl groups is 1. The summed E-state index contributed by atoms with van der Waals surface area (Å²) in [6.07, 6.45) is 3.28. The summed E-state index contributed by atoms with van der Waals surface area (Å²) in [7, 11) is 0. The van der Waals surface area contributed by atoms with Crippen LogP contribution in [-0.2, 0) is 9.53 Å². The van der Waals surface area contributed by atoms with Crippen LogP contribution in [-0.4, -0.2) is 65.3 Å². The van der Waals surface area contributed by atoms with E-state index in [-0.39, 0.29) is 37.0 Å². The quantitative estimate of drug-likeness (QED) is 0.819. The molecule has 2 amide bonds. The normalized spacial score (nSPS) is 24.8. The molecule has 2 saturated heterocycles. The van der Waals surface area contributed by atoms with Crippen molar-refractivity contribution in [3.63, 3.8) is 0 Å². The zero-order valence-corrected chi connectivity index (χ0v) is 13.9. The van der Waals surface area contributed by atoms with Gasteiger partial charge in [-0.3, -0.25) is 14.6 Å². The van der Waals surface area contributed by atoms with Crippen LogP contribution in [0, 0.1) is 11.7 Å². The van der Waals surface area contributed by atoms with Gasteiger partial charge < -0.3 is 20.1 Å². The van der Waals surface area contributed by atoms with Gasteiger partial charge in [-0.25, -0.2) is 4.39 Å². The highest BCUT2D eigenvalue weighted by atomic mass is 19.1. The predicted molar refractivity (Wildman–Crippen MR) is 86.2 cm³/mol. The van der Waals surface area contributed by atoms with Gasteiger partial charge in [-0.2, -0.15) is 0 Å². The van der Waals surface area contributed by atoms with Crippen LogP contribution in [0.4, 0.5) is 4.39 Å². The lowest BCUT2D eigenvalue weighted by Crippen LogP contribution is -2.53. The average molecular weight is 351 g/mol. The lowest BCUT2D eigenvalue weighted by atomic mass is 9.92. The molecule has 1 aromatic rings. The molecule has 0 saturated carbocycles. The fourth-order valence-electron chi connectivity index (χ4n) is 3.25. The number of ether oxygens (including phenoxy) is 1. The van der Waals surface area contributed by atoms with Crippen molar-refractivity contribution in [3.8, 4) is 0 Å². The number of likely N-dealkylation sites (tertiary alicyclic amines) is 1. The molecule has 7 nitrogen and oxygen atoms in total. The lowest BCUT2D eigenvalue weighted by molar-refractivity contribution is -0.132. The molecule has 136 valence electrons. The van der Waals surface area contributed by atoms with Gasteiger partial charge in [0.25, 0.3) is 5.91 Å².